The molecular formula is C22H23ClN2OS3. The number of allylic oxidation sites excluding steroid dienone is 1. The summed E-state index contributed by atoms with van der Waals surface area (Å²) in [6.07, 6.45) is 2.85. The predicted molar refractivity (Wildman–Crippen MR) is 129 cm³/mol. The molecule has 2 aromatic heterocycles. The van der Waals surface area contributed by atoms with E-state index in [0.717, 1.165) is 38.7 Å². The molecule has 0 amide bonds. The van der Waals surface area contributed by atoms with Crippen molar-refractivity contribution in [2.24, 2.45) is 0 Å². The molecule has 1 aromatic carbocycles. The summed E-state index contributed by atoms with van der Waals surface area (Å²) in [4.78, 5) is 20.9. The van der Waals surface area contributed by atoms with Gasteiger partial charge in [0, 0.05) is 26.2 Å². The van der Waals surface area contributed by atoms with Gasteiger partial charge in [-0.2, -0.15) is 0 Å². The van der Waals surface area contributed by atoms with Crippen LogP contribution in [0.5, 0.6) is 0 Å². The minimum atomic E-state index is 0.0369. The van der Waals surface area contributed by atoms with Gasteiger partial charge in [0.1, 0.15) is 4.83 Å². The van der Waals surface area contributed by atoms with Crippen LogP contribution < -0.4 is 5.56 Å². The van der Waals surface area contributed by atoms with Gasteiger partial charge < -0.3 is 0 Å². The Morgan fingerprint density at radius 3 is 2.93 bits per heavy atom. The van der Waals surface area contributed by atoms with Crippen molar-refractivity contribution in [1.29, 1.82) is 0 Å². The molecule has 0 bridgehead atoms. The van der Waals surface area contributed by atoms with Crippen molar-refractivity contribution < 1.29 is 0 Å². The largest absolute Gasteiger partial charge is 0.268 e. The molecule has 0 saturated carbocycles. The molecule has 7 heteroatoms. The molecule has 0 aliphatic carbocycles. The molecule has 29 heavy (non-hydrogen) atoms. The zero-order valence-corrected chi connectivity index (χ0v) is 20.1. The summed E-state index contributed by atoms with van der Waals surface area (Å²) in [6, 6.07) is 8.05. The topological polar surface area (TPSA) is 34.9 Å². The summed E-state index contributed by atoms with van der Waals surface area (Å²) >= 11 is 11.2. The molecule has 0 fully saturated rings. The third-order valence-corrected chi connectivity index (χ3v) is 8.60. The van der Waals surface area contributed by atoms with E-state index in [9.17, 15) is 4.79 Å². The Morgan fingerprint density at radius 1 is 1.41 bits per heavy atom. The van der Waals surface area contributed by atoms with E-state index in [0.29, 0.717) is 10.9 Å². The summed E-state index contributed by atoms with van der Waals surface area (Å²) in [6.45, 7) is 8.40. The Hall–Kier alpha value is -1.21. The Balaban J connectivity index is 1.95. The van der Waals surface area contributed by atoms with Crippen molar-refractivity contribution >= 4 is 56.7 Å². The minimum Gasteiger partial charge on any atom is -0.268 e. The molecule has 1 aliphatic rings. The Labute approximate surface area is 188 Å². The first-order chi connectivity index (χ1) is 13.7. The highest BCUT2D eigenvalue weighted by Crippen LogP contribution is 2.44. The summed E-state index contributed by atoms with van der Waals surface area (Å²) < 4.78 is 1.91. The van der Waals surface area contributed by atoms with Crippen LogP contribution in [-0.4, -0.2) is 20.1 Å². The maximum atomic E-state index is 13.8. The molecule has 0 atom stereocenters. The highest BCUT2D eigenvalue weighted by Gasteiger charge is 2.31. The van der Waals surface area contributed by atoms with Gasteiger partial charge in [-0.25, -0.2) is 4.98 Å². The van der Waals surface area contributed by atoms with Gasteiger partial charge in [0.2, 0.25) is 0 Å². The summed E-state index contributed by atoms with van der Waals surface area (Å²) in [7, 11) is 0. The van der Waals surface area contributed by atoms with Crippen LogP contribution in [0.4, 0.5) is 0 Å². The van der Waals surface area contributed by atoms with Crippen molar-refractivity contribution in [2.45, 2.75) is 49.8 Å². The van der Waals surface area contributed by atoms with Crippen LogP contribution in [0.25, 0.3) is 15.9 Å². The Kier molecular flexibility index (Phi) is 5.90. The number of halogens is 1. The van der Waals surface area contributed by atoms with Crippen LogP contribution in [0, 0.1) is 6.92 Å². The van der Waals surface area contributed by atoms with Gasteiger partial charge in [-0.15, -0.1) is 23.1 Å². The zero-order chi connectivity index (χ0) is 20.8. The first kappa shape index (κ1) is 21.0. The summed E-state index contributed by atoms with van der Waals surface area (Å²) in [5, 5.41) is 2.26. The van der Waals surface area contributed by atoms with Crippen molar-refractivity contribution in [3.63, 3.8) is 0 Å². The van der Waals surface area contributed by atoms with E-state index in [-0.39, 0.29) is 10.3 Å². The van der Waals surface area contributed by atoms with E-state index in [1.807, 2.05) is 56.0 Å². The number of aromatic nitrogens is 2. The number of thiophene rings is 1. The molecular weight excluding hydrogens is 440 g/mol. The lowest BCUT2D eigenvalue weighted by Gasteiger charge is -2.28. The lowest BCUT2D eigenvalue weighted by atomic mass is 10.00. The lowest BCUT2D eigenvalue weighted by Crippen LogP contribution is -2.26. The monoisotopic (exact) mass is 462 g/mol. The van der Waals surface area contributed by atoms with E-state index in [2.05, 4.69) is 13.8 Å². The fraction of sp³-hybridized carbons (Fsp3) is 0.364. The molecule has 0 radical (unpaired) electrons. The van der Waals surface area contributed by atoms with E-state index in [1.165, 1.54) is 10.4 Å². The first-order valence-electron chi connectivity index (χ1n) is 9.48. The van der Waals surface area contributed by atoms with Gasteiger partial charge in [0.15, 0.2) is 5.16 Å². The molecule has 0 saturated heterocycles. The summed E-state index contributed by atoms with van der Waals surface area (Å²) in [5.41, 5.74) is 3.21. The molecule has 3 heterocycles. The fourth-order valence-electron chi connectivity index (χ4n) is 3.50. The lowest BCUT2D eigenvalue weighted by molar-refractivity contribution is 0.698. The average Bonchev–Trinajstić information content (AvgIpc) is 2.98. The second-order valence-electron chi connectivity index (χ2n) is 7.88. The van der Waals surface area contributed by atoms with Crippen LogP contribution in [0.1, 0.15) is 36.8 Å². The van der Waals surface area contributed by atoms with Gasteiger partial charge in [-0.1, -0.05) is 55.4 Å². The number of hydrogen-bond acceptors (Lipinski definition) is 5. The Bertz CT molecular complexity index is 1170. The van der Waals surface area contributed by atoms with Crippen molar-refractivity contribution in [2.75, 3.05) is 5.75 Å². The minimum absolute atomic E-state index is 0.0369. The first-order valence-corrected chi connectivity index (χ1v) is 12.6. The van der Waals surface area contributed by atoms with E-state index < -0.39 is 0 Å². The molecule has 3 nitrogen and oxygen atoms in total. The second kappa shape index (κ2) is 8.14. The maximum Gasteiger partial charge on any atom is 0.267 e. The highest BCUT2D eigenvalue weighted by molar-refractivity contribution is 8.00. The van der Waals surface area contributed by atoms with Crippen molar-refractivity contribution in [1.82, 2.24) is 9.55 Å². The number of benzene rings is 1. The quantitative estimate of drug-likeness (QED) is 0.325. The van der Waals surface area contributed by atoms with Crippen LogP contribution >= 0.6 is 46.5 Å². The number of thioether (sulfide) groups is 2. The van der Waals surface area contributed by atoms with Crippen LogP contribution in [0.3, 0.4) is 0 Å². The van der Waals surface area contributed by atoms with E-state index in [4.69, 9.17) is 16.6 Å². The van der Waals surface area contributed by atoms with Crippen LogP contribution in [0.15, 0.2) is 45.3 Å². The van der Waals surface area contributed by atoms with Crippen LogP contribution in [-0.2, 0) is 12.2 Å². The van der Waals surface area contributed by atoms with E-state index >= 15 is 0 Å². The van der Waals surface area contributed by atoms with Gasteiger partial charge in [0.05, 0.1) is 11.1 Å². The smallest absolute Gasteiger partial charge is 0.267 e. The number of hydrogen-bond donors (Lipinski definition) is 0. The third-order valence-electron chi connectivity index (χ3n) is 4.91. The molecule has 1 aliphatic heterocycles. The van der Waals surface area contributed by atoms with Gasteiger partial charge in [0.25, 0.3) is 5.56 Å². The zero-order valence-electron chi connectivity index (χ0n) is 16.9. The Morgan fingerprint density at radius 2 is 2.21 bits per heavy atom. The highest BCUT2D eigenvalue weighted by atomic mass is 35.5. The molecule has 4 rings (SSSR count). The van der Waals surface area contributed by atoms with Gasteiger partial charge in [-0.05, 0) is 43.5 Å². The number of nitrogens with zero attached hydrogens (tertiary/aromatic N) is 2. The molecule has 152 valence electrons. The second-order valence-corrected chi connectivity index (χ2v) is 12.2. The molecule has 0 unspecified atom stereocenters. The van der Waals surface area contributed by atoms with Crippen molar-refractivity contribution in [3.05, 3.63) is 61.7 Å². The SMILES string of the molecule is CC(Cl)=CCSc1nc2sc3c(c2c(=O)n1-c1cccc(C)c1)CC(C)(C)SC3. The van der Waals surface area contributed by atoms with Gasteiger partial charge in [-0.3, -0.25) is 9.36 Å². The number of rotatable bonds is 4. The molecule has 0 spiro atoms. The fourth-order valence-corrected chi connectivity index (χ4v) is 7.01. The van der Waals surface area contributed by atoms with Crippen LogP contribution in [0.2, 0.25) is 0 Å². The third kappa shape index (κ3) is 4.31. The normalized spacial score (nSPS) is 16.2. The standard InChI is InChI=1S/C22H23ClN2OS3/c1-13-6-5-7-15(10-13)25-20(26)18-16-11-22(3,4)28-12-17(16)29-19(18)24-21(25)27-9-8-14(2)23/h5-8,10H,9,11-12H2,1-4H3. The van der Waals surface area contributed by atoms with E-state index in [1.54, 1.807) is 27.7 Å². The number of fused-ring (bicyclic) bond motifs is 3. The average molecular weight is 463 g/mol. The predicted octanol–water partition coefficient (Wildman–Crippen LogP) is 6.56. The molecule has 3 aromatic rings. The summed E-state index contributed by atoms with van der Waals surface area (Å²) in [5.74, 6) is 1.62. The molecule has 0 N–H and O–H groups in total. The van der Waals surface area contributed by atoms with Crippen molar-refractivity contribution in [3.8, 4) is 5.69 Å². The maximum absolute atomic E-state index is 13.8. The number of aryl methyl sites for hydroxylation is 1. The van der Waals surface area contributed by atoms with Gasteiger partial charge >= 0.3 is 0 Å².